The van der Waals surface area contributed by atoms with Crippen LogP contribution in [0.2, 0.25) is 0 Å². The Morgan fingerprint density at radius 2 is 2.00 bits per heavy atom. The highest BCUT2D eigenvalue weighted by Crippen LogP contribution is 2.34. The van der Waals surface area contributed by atoms with Crippen molar-refractivity contribution in [3.8, 4) is 5.75 Å². The molecular weight excluding hydrogens is 402 g/mol. The number of ether oxygens (including phenoxy) is 2. The maximum atomic E-state index is 13.2. The van der Waals surface area contributed by atoms with Crippen molar-refractivity contribution in [2.24, 2.45) is 5.10 Å². The Labute approximate surface area is 180 Å². The van der Waals surface area contributed by atoms with Gasteiger partial charge in [-0.2, -0.15) is 5.10 Å². The van der Waals surface area contributed by atoms with E-state index >= 15 is 0 Å². The van der Waals surface area contributed by atoms with Crippen LogP contribution < -0.4 is 4.74 Å². The van der Waals surface area contributed by atoms with Crippen LogP contribution in [-0.2, 0) is 14.3 Å². The van der Waals surface area contributed by atoms with E-state index in [-0.39, 0.29) is 24.4 Å². The first-order valence-electron chi connectivity index (χ1n) is 9.91. The predicted molar refractivity (Wildman–Crippen MR) is 117 cm³/mol. The third-order valence-corrected chi connectivity index (χ3v) is 5.94. The molecule has 1 aliphatic rings. The molecule has 160 valence electrons. The lowest BCUT2D eigenvalue weighted by Crippen LogP contribution is -2.42. The van der Waals surface area contributed by atoms with Gasteiger partial charge in [0.1, 0.15) is 12.3 Å². The molecule has 2 amide bonds. The molecule has 7 nitrogen and oxygen atoms in total. The van der Waals surface area contributed by atoms with Crippen LogP contribution in [-0.4, -0.2) is 61.4 Å². The molecule has 0 aliphatic carbocycles. The number of benzene rings is 1. The maximum Gasteiger partial charge on any atom is 0.262 e. The van der Waals surface area contributed by atoms with Gasteiger partial charge in [-0.15, -0.1) is 11.3 Å². The molecule has 0 saturated carbocycles. The van der Waals surface area contributed by atoms with Crippen LogP contribution in [0.1, 0.15) is 36.2 Å². The summed E-state index contributed by atoms with van der Waals surface area (Å²) in [5, 5.41) is 8.18. The molecule has 1 aromatic heterocycles. The molecule has 8 heteroatoms. The predicted octanol–water partition coefficient (Wildman–Crippen LogP) is 3.32. The molecule has 0 bridgehead atoms. The van der Waals surface area contributed by atoms with Crippen molar-refractivity contribution in [2.45, 2.75) is 25.8 Å². The molecule has 0 radical (unpaired) electrons. The molecule has 1 aromatic carbocycles. The third-order valence-electron chi connectivity index (χ3n) is 5.02. The van der Waals surface area contributed by atoms with Gasteiger partial charge in [0.2, 0.25) is 5.91 Å². The molecule has 2 heterocycles. The molecule has 1 atom stereocenters. The lowest BCUT2D eigenvalue weighted by atomic mass is 10.0. The Morgan fingerprint density at radius 1 is 1.23 bits per heavy atom. The first-order chi connectivity index (χ1) is 14.6. The van der Waals surface area contributed by atoms with Gasteiger partial charge >= 0.3 is 0 Å². The fourth-order valence-corrected chi connectivity index (χ4v) is 4.09. The summed E-state index contributed by atoms with van der Waals surface area (Å²) in [7, 11) is 3.20. The highest BCUT2D eigenvalue weighted by molar-refractivity contribution is 7.12. The van der Waals surface area contributed by atoms with E-state index in [0.29, 0.717) is 26.0 Å². The number of amides is 2. The Balaban J connectivity index is 1.85. The average molecular weight is 430 g/mol. The van der Waals surface area contributed by atoms with Crippen LogP contribution >= 0.6 is 11.3 Å². The average Bonchev–Trinajstić information content (AvgIpc) is 3.46. The van der Waals surface area contributed by atoms with Crippen LogP contribution in [0.5, 0.6) is 5.75 Å². The van der Waals surface area contributed by atoms with Gasteiger partial charge in [0.05, 0.1) is 30.3 Å². The topological polar surface area (TPSA) is 71.4 Å². The highest BCUT2D eigenvalue weighted by Gasteiger charge is 2.34. The van der Waals surface area contributed by atoms with Gasteiger partial charge in [0.15, 0.2) is 0 Å². The van der Waals surface area contributed by atoms with E-state index in [2.05, 4.69) is 5.10 Å². The van der Waals surface area contributed by atoms with E-state index in [1.807, 2.05) is 41.8 Å². The highest BCUT2D eigenvalue weighted by atomic mass is 32.1. The molecule has 2 aromatic rings. The maximum absolute atomic E-state index is 13.2. The molecule has 3 rings (SSSR count). The molecule has 30 heavy (non-hydrogen) atoms. The number of hydrogen-bond acceptors (Lipinski definition) is 6. The van der Waals surface area contributed by atoms with Crippen molar-refractivity contribution in [1.82, 2.24) is 9.91 Å². The van der Waals surface area contributed by atoms with Gasteiger partial charge in [-0.1, -0.05) is 25.1 Å². The SMILES string of the molecule is CCC(=O)N(CCOC)CC(=O)N1N=C(c2cccs2)CC1c1ccc(OC)cc1. The zero-order valence-corrected chi connectivity index (χ0v) is 18.4. The molecule has 0 saturated heterocycles. The standard InChI is InChI=1S/C22H27N3O4S/c1-4-21(26)24(11-12-28-2)15-22(27)25-19(16-7-9-17(29-3)10-8-16)14-18(23-25)20-6-5-13-30-20/h5-10,13,19H,4,11-12,14-15H2,1-3H3. The van der Waals surface area contributed by atoms with Crippen LogP contribution in [0.3, 0.4) is 0 Å². The summed E-state index contributed by atoms with van der Waals surface area (Å²) in [4.78, 5) is 28.1. The van der Waals surface area contributed by atoms with Crippen molar-refractivity contribution >= 4 is 28.9 Å². The first kappa shape index (κ1) is 22.0. The Hall–Kier alpha value is -2.71. The van der Waals surface area contributed by atoms with E-state index in [4.69, 9.17) is 9.47 Å². The van der Waals surface area contributed by atoms with E-state index in [1.54, 1.807) is 32.5 Å². The summed E-state index contributed by atoms with van der Waals surface area (Å²) < 4.78 is 10.3. The molecule has 1 unspecified atom stereocenters. The number of thiophene rings is 1. The summed E-state index contributed by atoms with van der Waals surface area (Å²) >= 11 is 1.60. The number of hydrogen-bond donors (Lipinski definition) is 0. The summed E-state index contributed by atoms with van der Waals surface area (Å²) in [6, 6.07) is 11.4. The monoisotopic (exact) mass is 429 g/mol. The normalized spacial score (nSPS) is 15.8. The van der Waals surface area contributed by atoms with Crippen molar-refractivity contribution in [3.63, 3.8) is 0 Å². The smallest absolute Gasteiger partial charge is 0.262 e. The number of methoxy groups -OCH3 is 2. The molecule has 1 aliphatic heterocycles. The minimum Gasteiger partial charge on any atom is -0.497 e. The minimum atomic E-state index is -0.221. The first-order valence-corrected chi connectivity index (χ1v) is 10.8. The third kappa shape index (κ3) is 5.06. The number of rotatable bonds is 9. The van der Waals surface area contributed by atoms with Crippen molar-refractivity contribution in [1.29, 1.82) is 0 Å². The van der Waals surface area contributed by atoms with Gasteiger partial charge in [-0.05, 0) is 29.1 Å². The second-order valence-electron chi connectivity index (χ2n) is 6.92. The van der Waals surface area contributed by atoms with Gasteiger partial charge in [-0.25, -0.2) is 5.01 Å². The second-order valence-corrected chi connectivity index (χ2v) is 7.86. The lowest BCUT2D eigenvalue weighted by Gasteiger charge is -2.26. The van der Waals surface area contributed by atoms with E-state index in [0.717, 1.165) is 21.9 Å². The van der Waals surface area contributed by atoms with Crippen LogP contribution in [0.15, 0.2) is 46.9 Å². The molecule has 0 N–H and O–H groups in total. The largest absolute Gasteiger partial charge is 0.497 e. The molecule has 0 fully saturated rings. The van der Waals surface area contributed by atoms with E-state index < -0.39 is 0 Å². The van der Waals surface area contributed by atoms with Gasteiger partial charge in [0.25, 0.3) is 5.91 Å². The van der Waals surface area contributed by atoms with Crippen molar-refractivity contribution < 1.29 is 19.1 Å². The van der Waals surface area contributed by atoms with E-state index in [9.17, 15) is 9.59 Å². The fourth-order valence-electron chi connectivity index (χ4n) is 3.37. The summed E-state index contributed by atoms with van der Waals surface area (Å²) in [6.45, 7) is 2.52. The van der Waals surface area contributed by atoms with Gasteiger partial charge in [-0.3, -0.25) is 9.59 Å². The lowest BCUT2D eigenvalue weighted by molar-refractivity contribution is -0.141. The van der Waals surface area contributed by atoms with Crippen molar-refractivity contribution in [2.75, 3.05) is 33.9 Å². The molecule has 0 spiro atoms. The van der Waals surface area contributed by atoms with Crippen LogP contribution in [0.4, 0.5) is 0 Å². The Kier molecular flexibility index (Phi) is 7.59. The van der Waals surface area contributed by atoms with Gasteiger partial charge < -0.3 is 14.4 Å². The van der Waals surface area contributed by atoms with Crippen LogP contribution in [0.25, 0.3) is 0 Å². The minimum absolute atomic E-state index is 0.0239. The second kappa shape index (κ2) is 10.4. The number of carbonyl (C=O) groups is 2. The van der Waals surface area contributed by atoms with E-state index in [1.165, 1.54) is 9.91 Å². The Bertz CT molecular complexity index is 880. The summed E-state index contributed by atoms with van der Waals surface area (Å²) in [5.74, 6) is 0.469. The van der Waals surface area contributed by atoms with Crippen molar-refractivity contribution in [3.05, 3.63) is 52.2 Å². The molecular formula is C22H27N3O4S. The quantitative estimate of drug-likeness (QED) is 0.613. The number of nitrogens with zero attached hydrogens (tertiary/aromatic N) is 3. The summed E-state index contributed by atoms with van der Waals surface area (Å²) in [5.41, 5.74) is 1.86. The number of carbonyl (C=O) groups excluding carboxylic acids is 2. The Morgan fingerprint density at radius 3 is 2.60 bits per heavy atom. The fraction of sp³-hybridized carbons (Fsp3) is 0.409. The van der Waals surface area contributed by atoms with Crippen LogP contribution in [0, 0.1) is 0 Å². The van der Waals surface area contributed by atoms with Gasteiger partial charge in [0, 0.05) is 26.5 Å². The zero-order valence-electron chi connectivity index (χ0n) is 17.5. The zero-order chi connectivity index (χ0) is 21.5. The summed E-state index contributed by atoms with van der Waals surface area (Å²) in [6.07, 6.45) is 0.959. The number of hydrazone groups is 1.